The highest BCUT2D eigenvalue weighted by molar-refractivity contribution is 9.10. The number of unbranched alkanes of at least 4 members (excludes halogenated alkanes) is 1. The number of hydrogen-bond acceptors (Lipinski definition) is 2. The number of benzene rings is 1. The van der Waals surface area contributed by atoms with Crippen molar-refractivity contribution in [2.75, 3.05) is 6.61 Å². The molecular formula is C12H15BrO2. The fourth-order valence-corrected chi connectivity index (χ4v) is 1.64. The summed E-state index contributed by atoms with van der Waals surface area (Å²) in [4.78, 5) is 11.4. The number of halogens is 1. The van der Waals surface area contributed by atoms with E-state index in [1.807, 2.05) is 24.3 Å². The normalized spacial score (nSPS) is 10.0. The predicted octanol–water partition coefficient (Wildman–Crippen LogP) is 3.33. The molecule has 0 amide bonds. The second-order valence-corrected chi connectivity index (χ2v) is 4.30. The standard InChI is InChI=1S/C12H15BrO2/c1-2-3-7-15-12(14)9-10-5-4-6-11(13)8-10/h4-6,8H,2-3,7,9H2,1H3. The molecule has 0 bridgehead atoms. The Bertz CT molecular complexity index is 323. The van der Waals surface area contributed by atoms with Crippen molar-refractivity contribution in [1.29, 1.82) is 0 Å². The van der Waals surface area contributed by atoms with Crippen LogP contribution in [0, 0.1) is 0 Å². The van der Waals surface area contributed by atoms with Gasteiger partial charge < -0.3 is 4.74 Å². The number of hydrogen-bond donors (Lipinski definition) is 0. The molecule has 3 heteroatoms. The van der Waals surface area contributed by atoms with Gasteiger partial charge in [-0.1, -0.05) is 41.4 Å². The van der Waals surface area contributed by atoms with Crippen LogP contribution in [0.25, 0.3) is 0 Å². The summed E-state index contributed by atoms with van der Waals surface area (Å²) >= 11 is 3.36. The monoisotopic (exact) mass is 270 g/mol. The first kappa shape index (κ1) is 12.2. The van der Waals surface area contributed by atoms with E-state index in [0.29, 0.717) is 13.0 Å². The SMILES string of the molecule is CCCCOC(=O)Cc1cccc(Br)c1. The lowest BCUT2D eigenvalue weighted by atomic mass is 10.2. The molecule has 0 fully saturated rings. The second kappa shape index (κ2) is 6.62. The van der Waals surface area contributed by atoms with Crippen LogP contribution in [0.5, 0.6) is 0 Å². The van der Waals surface area contributed by atoms with Gasteiger partial charge in [-0.3, -0.25) is 4.79 Å². The van der Waals surface area contributed by atoms with Crippen LogP contribution in [-0.2, 0) is 16.0 Å². The number of esters is 1. The van der Waals surface area contributed by atoms with Crippen LogP contribution in [-0.4, -0.2) is 12.6 Å². The first-order chi connectivity index (χ1) is 7.22. The molecule has 0 spiro atoms. The topological polar surface area (TPSA) is 26.3 Å². The lowest BCUT2D eigenvalue weighted by Crippen LogP contribution is -2.08. The zero-order valence-corrected chi connectivity index (χ0v) is 10.4. The molecule has 0 aliphatic rings. The zero-order valence-electron chi connectivity index (χ0n) is 8.83. The van der Waals surface area contributed by atoms with Crippen molar-refractivity contribution in [2.45, 2.75) is 26.2 Å². The van der Waals surface area contributed by atoms with Gasteiger partial charge in [-0.15, -0.1) is 0 Å². The molecule has 0 N–H and O–H groups in total. The number of carbonyl (C=O) groups excluding carboxylic acids is 1. The van der Waals surface area contributed by atoms with Crippen molar-refractivity contribution in [3.05, 3.63) is 34.3 Å². The molecule has 0 heterocycles. The largest absolute Gasteiger partial charge is 0.465 e. The summed E-state index contributed by atoms with van der Waals surface area (Å²) in [6, 6.07) is 7.71. The predicted molar refractivity (Wildman–Crippen MR) is 63.7 cm³/mol. The molecule has 82 valence electrons. The van der Waals surface area contributed by atoms with E-state index in [9.17, 15) is 4.79 Å². The van der Waals surface area contributed by atoms with Crippen molar-refractivity contribution >= 4 is 21.9 Å². The molecule has 0 atom stereocenters. The van der Waals surface area contributed by atoms with Crippen molar-refractivity contribution in [2.24, 2.45) is 0 Å². The van der Waals surface area contributed by atoms with Crippen molar-refractivity contribution in [3.63, 3.8) is 0 Å². The van der Waals surface area contributed by atoms with Crippen LogP contribution in [0.4, 0.5) is 0 Å². The highest BCUT2D eigenvalue weighted by Crippen LogP contribution is 2.12. The number of rotatable bonds is 5. The number of carbonyl (C=O) groups is 1. The molecular weight excluding hydrogens is 256 g/mol. The Kier molecular flexibility index (Phi) is 5.40. The average Bonchev–Trinajstić information content (AvgIpc) is 2.18. The minimum atomic E-state index is -0.151. The van der Waals surface area contributed by atoms with Crippen LogP contribution in [0.2, 0.25) is 0 Å². The fraction of sp³-hybridized carbons (Fsp3) is 0.417. The van der Waals surface area contributed by atoms with Gasteiger partial charge in [-0.25, -0.2) is 0 Å². The Hall–Kier alpha value is -0.830. The van der Waals surface area contributed by atoms with Crippen molar-refractivity contribution in [1.82, 2.24) is 0 Å². The number of ether oxygens (including phenoxy) is 1. The molecule has 1 aromatic carbocycles. The first-order valence-electron chi connectivity index (χ1n) is 5.12. The zero-order chi connectivity index (χ0) is 11.1. The summed E-state index contributed by atoms with van der Waals surface area (Å²) in [6.45, 7) is 2.60. The molecule has 2 nitrogen and oxygen atoms in total. The lowest BCUT2D eigenvalue weighted by molar-refractivity contribution is -0.142. The maximum Gasteiger partial charge on any atom is 0.310 e. The molecule has 0 aliphatic carbocycles. The quantitative estimate of drug-likeness (QED) is 0.606. The van der Waals surface area contributed by atoms with E-state index in [-0.39, 0.29) is 5.97 Å². The van der Waals surface area contributed by atoms with Gasteiger partial charge in [0, 0.05) is 4.47 Å². The van der Waals surface area contributed by atoms with E-state index in [1.54, 1.807) is 0 Å². The van der Waals surface area contributed by atoms with E-state index in [0.717, 1.165) is 22.9 Å². The molecule has 0 saturated heterocycles. The summed E-state index contributed by atoms with van der Waals surface area (Å²) in [5.74, 6) is -0.151. The van der Waals surface area contributed by atoms with Gasteiger partial charge in [0.15, 0.2) is 0 Å². The molecule has 0 saturated carbocycles. The summed E-state index contributed by atoms with van der Waals surface area (Å²) < 4.78 is 6.06. The molecule has 0 unspecified atom stereocenters. The fourth-order valence-electron chi connectivity index (χ4n) is 1.19. The first-order valence-corrected chi connectivity index (χ1v) is 5.91. The van der Waals surface area contributed by atoms with Crippen LogP contribution in [0.15, 0.2) is 28.7 Å². The van der Waals surface area contributed by atoms with E-state index >= 15 is 0 Å². The second-order valence-electron chi connectivity index (χ2n) is 3.38. The molecule has 0 aromatic heterocycles. The smallest absolute Gasteiger partial charge is 0.310 e. The maximum atomic E-state index is 11.4. The van der Waals surface area contributed by atoms with E-state index < -0.39 is 0 Å². The van der Waals surface area contributed by atoms with Crippen LogP contribution in [0.1, 0.15) is 25.3 Å². The van der Waals surface area contributed by atoms with Gasteiger partial charge in [-0.05, 0) is 24.1 Å². The Labute approximate surface area is 98.8 Å². The molecule has 1 rings (SSSR count). The van der Waals surface area contributed by atoms with Gasteiger partial charge in [0.25, 0.3) is 0 Å². The summed E-state index contributed by atoms with van der Waals surface area (Å²) in [5, 5.41) is 0. The van der Waals surface area contributed by atoms with E-state index in [4.69, 9.17) is 4.74 Å². The third-order valence-corrected chi connectivity index (χ3v) is 2.49. The van der Waals surface area contributed by atoms with Crippen LogP contribution in [0.3, 0.4) is 0 Å². The van der Waals surface area contributed by atoms with E-state index in [2.05, 4.69) is 22.9 Å². The third-order valence-electron chi connectivity index (χ3n) is 2.00. The molecule has 1 aromatic rings. The van der Waals surface area contributed by atoms with E-state index in [1.165, 1.54) is 0 Å². The van der Waals surface area contributed by atoms with Gasteiger partial charge >= 0.3 is 5.97 Å². The van der Waals surface area contributed by atoms with Gasteiger partial charge in [0.05, 0.1) is 13.0 Å². The third kappa shape index (κ3) is 4.98. The van der Waals surface area contributed by atoms with Crippen LogP contribution < -0.4 is 0 Å². The van der Waals surface area contributed by atoms with Crippen molar-refractivity contribution < 1.29 is 9.53 Å². The van der Waals surface area contributed by atoms with Gasteiger partial charge in [-0.2, -0.15) is 0 Å². The van der Waals surface area contributed by atoms with Crippen LogP contribution >= 0.6 is 15.9 Å². The Morgan fingerprint density at radius 1 is 1.47 bits per heavy atom. The Morgan fingerprint density at radius 3 is 2.93 bits per heavy atom. The Balaban J connectivity index is 2.37. The lowest BCUT2D eigenvalue weighted by Gasteiger charge is -2.04. The average molecular weight is 271 g/mol. The summed E-state index contributed by atoms with van der Waals surface area (Å²) in [7, 11) is 0. The van der Waals surface area contributed by atoms with Gasteiger partial charge in [0.1, 0.15) is 0 Å². The molecule has 15 heavy (non-hydrogen) atoms. The summed E-state index contributed by atoms with van der Waals surface area (Å²) in [5.41, 5.74) is 0.978. The highest BCUT2D eigenvalue weighted by Gasteiger charge is 2.04. The molecule has 0 radical (unpaired) electrons. The minimum absolute atomic E-state index is 0.151. The summed E-state index contributed by atoms with van der Waals surface area (Å²) in [6.07, 6.45) is 2.33. The minimum Gasteiger partial charge on any atom is -0.465 e. The highest BCUT2D eigenvalue weighted by atomic mass is 79.9. The van der Waals surface area contributed by atoms with Crippen molar-refractivity contribution in [3.8, 4) is 0 Å². The molecule has 0 aliphatic heterocycles. The Morgan fingerprint density at radius 2 is 2.27 bits per heavy atom. The van der Waals surface area contributed by atoms with Gasteiger partial charge in [0.2, 0.25) is 0 Å². The maximum absolute atomic E-state index is 11.4.